The van der Waals surface area contributed by atoms with Crippen molar-refractivity contribution in [3.05, 3.63) is 83.5 Å². The Morgan fingerprint density at radius 3 is 2.76 bits per heavy atom. The molecule has 29 heavy (non-hydrogen) atoms. The summed E-state index contributed by atoms with van der Waals surface area (Å²) >= 11 is 0. The number of pyridine rings is 1. The summed E-state index contributed by atoms with van der Waals surface area (Å²) in [5.41, 5.74) is 3.22. The van der Waals surface area contributed by atoms with E-state index in [9.17, 15) is 9.18 Å². The first-order valence-corrected chi connectivity index (χ1v) is 9.86. The van der Waals surface area contributed by atoms with E-state index in [1.165, 1.54) is 12.1 Å². The molecule has 0 unspecified atom stereocenters. The Labute approximate surface area is 168 Å². The lowest BCUT2D eigenvalue weighted by Crippen LogP contribution is -2.27. The third-order valence-electron chi connectivity index (χ3n) is 5.90. The molecule has 2 aliphatic rings. The number of nitrogens with one attached hydrogen (secondary N) is 1. The number of fused-ring (bicyclic) bond motifs is 3. The molecule has 2 atom stereocenters. The van der Waals surface area contributed by atoms with Gasteiger partial charge < -0.3 is 9.88 Å². The minimum absolute atomic E-state index is 0.150. The summed E-state index contributed by atoms with van der Waals surface area (Å²) in [5.74, 6) is 1.01. The minimum Gasteiger partial charge on any atom is -0.345 e. The van der Waals surface area contributed by atoms with Crippen LogP contribution in [0, 0.1) is 11.7 Å². The van der Waals surface area contributed by atoms with Crippen LogP contribution in [-0.2, 0) is 19.6 Å². The van der Waals surface area contributed by atoms with E-state index >= 15 is 0 Å². The molecule has 0 saturated carbocycles. The molecule has 0 radical (unpaired) electrons. The first-order valence-electron chi connectivity index (χ1n) is 9.86. The largest absolute Gasteiger partial charge is 0.345 e. The van der Waals surface area contributed by atoms with Gasteiger partial charge in [0.1, 0.15) is 5.82 Å². The van der Waals surface area contributed by atoms with Gasteiger partial charge in [0.25, 0.3) is 5.91 Å². The lowest BCUT2D eigenvalue weighted by Gasteiger charge is -2.17. The lowest BCUT2D eigenvalue weighted by atomic mass is 9.98. The molecular formula is C22H22FN5O. The van der Waals surface area contributed by atoms with Gasteiger partial charge in [-0.2, -0.15) is 0 Å². The highest BCUT2D eigenvalue weighted by molar-refractivity contribution is 5.91. The van der Waals surface area contributed by atoms with E-state index in [2.05, 4.69) is 24.8 Å². The monoisotopic (exact) mass is 391 g/mol. The van der Waals surface area contributed by atoms with Gasteiger partial charge in [0, 0.05) is 62.9 Å². The van der Waals surface area contributed by atoms with Crippen molar-refractivity contribution in [3.8, 4) is 0 Å². The second-order valence-corrected chi connectivity index (χ2v) is 7.85. The van der Waals surface area contributed by atoms with Crippen LogP contribution in [0.15, 0.2) is 55.0 Å². The van der Waals surface area contributed by atoms with Crippen molar-refractivity contribution in [2.24, 2.45) is 5.92 Å². The van der Waals surface area contributed by atoms with E-state index in [1.807, 2.05) is 30.5 Å². The van der Waals surface area contributed by atoms with Gasteiger partial charge in [-0.25, -0.2) is 9.37 Å². The van der Waals surface area contributed by atoms with Gasteiger partial charge in [-0.15, -0.1) is 0 Å². The number of benzene rings is 1. The molecule has 0 spiro atoms. The fraction of sp³-hybridized carbons (Fsp3) is 0.318. The number of likely N-dealkylation sites (tertiary alicyclic amines) is 1. The summed E-state index contributed by atoms with van der Waals surface area (Å²) in [6.45, 7) is 3.98. The number of carbonyl (C=O) groups excluding carboxylic acids is 1. The quantitative estimate of drug-likeness (QED) is 0.726. The van der Waals surface area contributed by atoms with Gasteiger partial charge in [-0.3, -0.25) is 14.7 Å². The fourth-order valence-electron chi connectivity index (χ4n) is 4.51. The number of aromatic nitrogens is 3. The molecule has 2 aliphatic heterocycles. The Morgan fingerprint density at radius 2 is 1.97 bits per heavy atom. The first-order chi connectivity index (χ1) is 14.2. The Morgan fingerprint density at radius 1 is 1.10 bits per heavy atom. The summed E-state index contributed by atoms with van der Waals surface area (Å²) in [7, 11) is 0. The van der Waals surface area contributed by atoms with Crippen molar-refractivity contribution >= 4 is 5.91 Å². The smallest absolute Gasteiger partial charge is 0.287 e. The average Bonchev–Trinajstić information content (AvgIpc) is 3.40. The number of nitrogens with zero attached hydrogens (tertiary/aromatic N) is 4. The second kappa shape index (κ2) is 7.40. The Hall–Kier alpha value is -3.06. The van der Waals surface area contributed by atoms with Crippen molar-refractivity contribution in [1.29, 1.82) is 0 Å². The predicted octanol–water partition coefficient (Wildman–Crippen LogP) is 2.58. The highest BCUT2D eigenvalue weighted by Crippen LogP contribution is 2.40. The molecule has 148 valence electrons. The maximum atomic E-state index is 13.1. The molecular weight excluding hydrogens is 369 g/mol. The summed E-state index contributed by atoms with van der Waals surface area (Å²) < 4.78 is 15.2. The molecule has 1 saturated heterocycles. The van der Waals surface area contributed by atoms with Crippen LogP contribution < -0.4 is 5.32 Å². The van der Waals surface area contributed by atoms with Crippen molar-refractivity contribution in [2.75, 3.05) is 13.1 Å². The van der Waals surface area contributed by atoms with Crippen molar-refractivity contribution in [3.63, 3.8) is 0 Å². The van der Waals surface area contributed by atoms with E-state index in [1.54, 1.807) is 12.4 Å². The van der Waals surface area contributed by atoms with Crippen LogP contribution in [0.2, 0.25) is 0 Å². The first kappa shape index (κ1) is 18.0. The Kier molecular flexibility index (Phi) is 4.60. The third kappa shape index (κ3) is 3.53. The number of imidazole rings is 1. The third-order valence-corrected chi connectivity index (χ3v) is 5.90. The van der Waals surface area contributed by atoms with Crippen LogP contribution in [0.1, 0.15) is 33.4 Å². The van der Waals surface area contributed by atoms with Crippen LogP contribution in [0.3, 0.4) is 0 Å². The molecule has 2 aromatic heterocycles. The maximum absolute atomic E-state index is 13.1. The average molecular weight is 391 g/mol. The second-order valence-electron chi connectivity index (χ2n) is 7.85. The van der Waals surface area contributed by atoms with Gasteiger partial charge in [-0.1, -0.05) is 18.2 Å². The van der Waals surface area contributed by atoms with E-state index < -0.39 is 0 Å². The number of hydrogen-bond acceptors (Lipinski definition) is 4. The summed E-state index contributed by atoms with van der Waals surface area (Å²) in [5, 5.41) is 2.94. The number of amides is 1. The van der Waals surface area contributed by atoms with Gasteiger partial charge >= 0.3 is 0 Å². The van der Waals surface area contributed by atoms with Crippen LogP contribution in [0.5, 0.6) is 0 Å². The van der Waals surface area contributed by atoms with Crippen LogP contribution >= 0.6 is 0 Å². The summed E-state index contributed by atoms with van der Waals surface area (Å²) in [4.78, 5) is 23.5. The highest BCUT2D eigenvalue weighted by atomic mass is 19.1. The molecule has 1 N–H and O–H groups in total. The van der Waals surface area contributed by atoms with Gasteiger partial charge in [-0.05, 0) is 35.2 Å². The zero-order chi connectivity index (χ0) is 19.8. The number of halogens is 1. The highest BCUT2D eigenvalue weighted by Gasteiger charge is 2.42. The predicted molar refractivity (Wildman–Crippen MR) is 106 cm³/mol. The zero-order valence-corrected chi connectivity index (χ0v) is 16.0. The molecule has 3 aromatic rings. The molecule has 1 aromatic carbocycles. The topological polar surface area (TPSA) is 63.1 Å². The van der Waals surface area contributed by atoms with Crippen molar-refractivity contribution in [1.82, 2.24) is 24.8 Å². The Bertz CT molecular complexity index is 1020. The normalized spacial score (nSPS) is 20.4. The van der Waals surface area contributed by atoms with Crippen LogP contribution in [-0.4, -0.2) is 38.4 Å². The molecule has 0 aliphatic carbocycles. The maximum Gasteiger partial charge on any atom is 0.287 e. The molecule has 5 rings (SSSR count). The van der Waals surface area contributed by atoms with Crippen LogP contribution in [0.4, 0.5) is 4.39 Å². The number of rotatable bonds is 5. The molecule has 0 bridgehead atoms. The molecule has 1 fully saturated rings. The van der Waals surface area contributed by atoms with Crippen molar-refractivity contribution in [2.45, 2.75) is 25.6 Å². The SMILES string of the molecule is O=C(NCc1cccnc1)c1ncc2n1C[C@H]1CN(Cc3ccc(F)cc3)C[C@H]21. The van der Waals surface area contributed by atoms with Gasteiger partial charge in [0.05, 0.1) is 0 Å². The molecule has 4 heterocycles. The van der Waals surface area contributed by atoms with Crippen LogP contribution in [0.25, 0.3) is 0 Å². The fourth-order valence-corrected chi connectivity index (χ4v) is 4.51. The summed E-state index contributed by atoms with van der Waals surface area (Å²) in [6, 6.07) is 10.5. The number of carbonyl (C=O) groups is 1. The van der Waals surface area contributed by atoms with E-state index in [0.717, 1.165) is 43.0 Å². The van der Waals surface area contributed by atoms with Gasteiger partial charge in [0.2, 0.25) is 0 Å². The van der Waals surface area contributed by atoms with E-state index in [0.29, 0.717) is 24.2 Å². The lowest BCUT2D eigenvalue weighted by molar-refractivity contribution is 0.0935. The molecule has 1 amide bonds. The minimum atomic E-state index is -0.203. The van der Waals surface area contributed by atoms with E-state index in [4.69, 9.17) is 0 Å². The summed E-state index contributed by atoms with van der Waals surface area (Å²) in [6.07, 6.45) is 5.31. The van der Waals surface area contributed by atoms with Gasteiger partial charge in [0.15, 0.2) is 5.82 Å². The number of hydrogen-bond donors (Lipinski definition) is 1. The van der Waals surface area contributed by atoms with E-state index in [-0.39, 0.29) is 11.7 Å². The molecule has 7 heteroatoms. The zero-order valence-electron chi connectivity index (χ0n) is 16.0. The standard InChI is InChI=1S/C22H22FN5O/c23-18-5-3-15(4-6-18)11-27-12-17-13-28-20(19(17)14-27)10-25-21(28)22(29)26-9-16-2-1-7-24-8-16/h1-8,10,17,19H,9,11-14H2,(H,26,29)/t17-,19+/m1/s1. The molecule has 6 nitrogen and oxygen atoms in total. The van der Waals surface area contributed by atoms with Crippen molar-refractivity contribution < 1.29 is 9.18 Å². The Balaban J connectivity index is 1.24.